The first-order valence-corrected chi connectivity index (χ1v) is 5.80. The molecule has 16 heavy (non-hydrogen) atoms. The maximum atomic E-state index is 11.0. The van der Waals surface area contributed by atoms with Gasteiger partial charge in [0.1, 0.15) is 0 Å². The van der Waals surface area contributed by atoms with Gasteiger partial charge in [0.15, 0.2) is 0 Å². The van der Waals surface area contributed by atoms with Gasteiger partial charge in [-0.25, -0.2) is 4.79 Å². The molecule has 2 aliphatic rings. The summed E-state index contributed by atoms with van der Waals surface area (Å²) in [6, 6.07) is 0. The second kappa shape index (κ2) is 4.42. The lowest BCUT2D eigenvalue weighted by atomic mass is 9.85. The van der Waals surface area contributed by atoms with Crippen molar-refractivity contribution in [2.24, 2.45) is 11.3 Å². The molecule has 2 aliphatic carbocycles. The second-order valence-electron chi connectivity index (χ2n) is 4.95. The SMILES string of the molecule is C=C(C)C(=O)OOCCC12C=CC(CC1)C2. The molecule has 2 unspecified atom stereocenters. The topological polar surface area (TPSA) is 35.5 Å². The lowest BCUT2D eigenvalue weighted by Gasteiger charge is -2.22. The fraction of sp³-hybridized carbons (Fsp3) is 0.615. The maximum absolute atomic E-state index is 11.0. The smallest absolute Gasteiger partial charge is 0.293 e. The van der Waals surface area contributed by atoms with E-state index in [0.29, 0.717) is 17.6 Å². The van der Waals surface area contributed by atoms with Gasteiger partial charge in [-0.15, -0.1) is 0 Å². The third-order valence-corrected chi connectivity index (χ3v) is 3.57. The Labute approximate surface area is 96.0 Å². The number of rotatable bonds is 5. The predicted molar refractivity (Wildman–Crippen MR) is 60.4 cm³/mol. The Kier molecular flexibility index (Phi) is 3.15. The Morgan fingerprint density at radius 3 is 2.94 bits per heavy atom. The van der Waals surface area contributed by atoms with Crippen LogP contribution in [0.1, 0.15) is 32.6 Å². The summed E-state index contributed by atoms with van der Waals surface area (Å²) >= 11 is 0. The molecule has 1 fully saturated rings. The standard InChI is InChI=1S/C13H18O3/c1-10(2)12(14)16-15-8-7-13-5-3-11(9-13)4-6-13/h3,5,11H,1,4,6-9H2,2H3. The van der Waals surface area contributed by atoms with Crippen LogP contribution in [0.15, 0.2) is 24.3 Å². The molecule has 2 rings (SSSR count). The van der Waals surface area contributed by atoms with E-state index in [1.807, 2.05) is 0 Å². The van der Waals surface area contributed by atoms with Crippen LogP contribution in [0.2, 0.25) is 0 Å². The lowest BCUT2D eigenvalue weighted by Crippen LogP contribution is -2.16. The zero-order valence-electron chi connectivity index (χ0n) is 9.70. The van der Waals surface area contributed by atoms with E-state index < -0.39 is 5.97 Å². The zero-order valence-corrected chi connectivity index (χ0v) is 9.70. The van der Waals surface area contributed by atoms with E-state index in [0.717, 1.165) is 12.3 Å². The largest absolute Gasteiger partial charge is 0.368 e. The summed E-state index contributed by atoms with van der Waals surface area (Å²) < 4.78 is 0. The summed E-state index contributed by atoms with van der Waals surface area (Å²) in [5.74, 6) is 0.293. The van der Waals surface area contributed by atoms with Crippen LogP contribution < -0.4 is 0 Å². The number of hydrogen-bond acceptors (Lipinski definition) is 3. The fourth-order valence-electron chi connectivity index (χ4n) is 2.58. The highest BCUT2D eigenvalue weighted by Crippen LogP contribution is 2.51. The number of allylic oxidation sites excluding steroid dienone is 2. The van der Waals surface area contributed by atoms with Gasteiger partial charge in [0.25, 0.3) is 0 Å². The molecule has 0 saturated heterocycles. The van der Waals surface area contributed by atoms with Gasteiger partial charge < -0.3 is 0 Å². The van der Waals surface area contributed by atoms with Crippen molar-refractivity contribution < 1.29 is 14.6 Å². The van der Waals surface area contributed by atoms with Crippen molar-refractivity contribution in [3.63, 3.8) is 0 Å². The van der Waals surface area contributed by atoms with Crippen LogP contribution in [0.4, 0.5) is 0 Å². The molecule has 1 saturated carbocycles. The number of carbonyl (C=O) groups is 1. The van der Waals surface area contributed by atoms with E-state index in [2.05, 4.69) is 23.6 Å². The number of carbonyl (C=O) groups excluding carboxylic acids is 1. The minimum Gasteiger partial charge on any atom is -0.293 e. The minimum absolute atomic E-state index is 0.320. The van der Waals surface area contributed by atoms with Crippen molar-refractivity contribution in [3.05, 3.63) is 24.3 Å². The molecule has 0 amide bonds. The molecule has 0 heterocycles. The van der Waals surface area contributed by atoms with Crippen LogP contribution in [0, 0.1) is 11.3 Å². The Bertz CT molecular complexity index is 332. The molecule has 0 radical (unpaired) electrons. The van der Waals surface area contributed by atoms with Gasteiger partial charge >= 0.3 is 5.97 Å². The van der Waals surface area contributed by atoms with Gasteiger partial charge in [-0.2, -0.15) is 4.89 Å². The summed E-state index contributed by atoms with van der Waals surface area (Å²) in [4.78, 5) is 20.6. The van der Waals surface area contributed by atoms with Crippen LogP contribution in [-0.2, 0) is 14.6 Å². The average Bonchev–Trinajstić information content (AvgIpc) is 2.84. The second-order valence-corrected chi connectivity index (χ2v) is 4.95. The molecule has 0 spiro atoms. The van der Waals surface area contributed by atoms with Gasteiger partial charge in [-0.3, -0.25) is 4.89 Å². The molecular formula is C13H18O3. The average molecular weight is 222 g/mol. The monoisotopic (exact) mass is 222 g/mol. The molecule has 0 N–H and O–H groups in total. The Morgan fingerprint density at radius 2 is 2.44 bits per heavy atom. The summed E-state index contributed by atoms with van der Waals surface area (Å²) in [5.41, 5.74) is 0.681. The van der Waals surface area contributed by atoms with E-state index in [1.54, 1.807) is 6.92 Å². The van der Waals surface area contributed by atoms with Crippen molar-refractivity contribution in [2.75, 3.05) is 6.61 Å². The third kappa shape index (κ3) is 2.35. The van der Waals surface area contributed by atoms with Crippen molar-refractivity contribution in [1.29, 1.82) is 0 Å². The first kappa shape index (κ1) is 11.4. The molecule has 2 atom stereocenters. The fourth-order valence-corrected chi connectivity index (χ4v) is 2.58. The zero-order chi connectivity index (χ0) is 11.6. The van der Waals surface area contributed by atoms with Gasteiger partial charge in [-0.05, 0) is 43.9 Å². The molecule has 3 heteroatoms. The van der Waals surface area contributed by atoms with Crippen molar-refractivity contribution in [1.82, 2.24) is 0 Å². The summed E-state index contributed by atoms with van der Waals surface area (Å²) in [5, 5.41) is 0. The summed E-state index contributed by atoms with van der Waals surface area (Å²) in [7, 11) is 0. The predicted octanol–water partition coefficient (Wildman–Crippen LogP) is 2.78. The quantitative estimate of drug-likeness (QED) is 0.236. The van der Waals surface area contributed by atoms with Gasteiger partial charge in [-0.1, -0.05) is 18.7 Å². The Balaban J connectivity index is 1.67. The van der Waals surface area contributed by atoms with Gasteiger partial charge in [0.2, 0.25) is 0 Å². The van der Waals surface area contributed by atoms with Crippen LogP contribution in [-0.4, -0.2) is 12.6 Å². The summed E-state index contributed by atoms with van der Waals surface area (Å²) in [6.07, 6.45) is 9.33. The third-order valence-electron chi connectivity index (χ3n) is 3.57. The van der Waals surface area contributed by atoms with Crippen LogP contribution >= 0.6 is 0 Å². The highest BCUT2D eigenvalue weighted by atomic mass is 17.2. The van der Waals surface area contributed by atoms with Gasteiger partial charge in [0.05, 0.1) is 6.61 Å². The van der Waals surface area contributed by atoms with Crippen LogP contribution in [0.5, 0.6) is 0 Å². The lowest BCUT2D eigenvalue weighted by molar-refractivity contribution is -0.270. The number of fused-ring (bicyclic) bond motifs is 2. The van der Waals surface area contributed by atoms with Crippen molar-refractivity contribution in [2.45, 2.75) is 32.6 Å². The molecule has 88 valence electrons. The highest BCUT2D eigenvalue weighted by molar-refractivity contribution is 5.86. The van der Waals surface area contributed by atoms with Crippen LogP contribution in [0.3, 0.4) is 0 Å². The van der Waals surface area contributed by atoms with E-state index in [9.17, 15) is 4.79 Å². The van der Waals surface area contributed by atoms with Crippen LogP contribution in [0.25, 0.3) is 0 Å². The molecule has 3 nitrogen and oxygen atoms in total. The van der Waals surface area contributed by atoms with E-state index in [4.69, 9.17) is 4.89 Å². The maximum Gasteiger partial charge on any atom is 0.368 e. The molecule has 2 bridgehead atoms. The molecule has 0 aliphatic heterocycles. The molecule has 0 aromatic heterocycles. The van der Waals surface area contributed by atoms with E-state index >= 15 is 0 Å². The Morgan fingerprint density at radius 1 is 1.62 bits per heavy atom. The Hall–Kier alpha value is -1.09. The van der Waals surface area contributed by atoms with Crippen molar-refractivity contribution in [3.8, 4) is 0 Å². The van der Waals surface area contributed by atoms with Gasteiger partial charge in [0, 0.05) is 5.57 Å². The first-order valence-electron chi connectivity index (χ1n) is 5.80. The summed E-state index contributed by atoms with van der Waals surface area (Å²) in [6.45, 7) is 5.55. The molecular weight excluding hydrogens is 204 g/mol. The highest BCUT2D eigenvalue weighted by Gasteiger charge is 2.40. The molecule has 0 aromatic carbocycles. The van der Waals surface area contributed by atoms with E-state index in [-0.39, 0.29) is 0 Å². The number of hydrogen-bond donors (Lipinski definition) is 0. The normalized spacial score (nSPS) is 30.7. The van der Waals surface area contributed by atoms with Crippen molar-refractivity contribution >= 4 is 5.97 Å². The van der Waals surface area contributed by atoms with E-state index in [1.165, 1.54) is 19.3 Å². The molecule has 0 aromatic rings. The minimum atomic E-state index is -0.483. The first-order chi connectivity index (χ1) is 7.61.